The van der Waals surface area contributed by atoms with Gasteiger partial charge in [0.1, 0.15) is 5.75 Å². The van der Waals surface area contributed by atoms with E-state index in [9.17, 15) is 4.79 Å². The quantitative estimate of drug-likeness (QED) is 0.702. The minimum absolute atomic E-state index is 0.0776. The molecule has 0 radical (unpaired) electrons. The lowest BCUT2D eigenvalue weighted by atomic mass is 10.1. The fourth-order valence-electron chi connectivity index (χ4n) is 3.03. The van der Waals surface area contributed by atoms with Crippen LogP contribution in [-0.4, -0.2) is 25.1 Å². The van der Waals surface area contributed by atoms with Gasteiger partial charge in [0.05, 0.1) is 0 Å². The Balaban J connectivity index is 1.95. The van der Waals surface area contributed by atoms with Gasteiger partial charge in [-0.15, -0.1) is 0 Å². The highest BCUT2D eigenvalue weighted by molar-refractivity contribution is 5.81. The van der Waals surface area contributed by atoms with Crippen molar-refractivity contribution >= 4 is 11.6 Å². The zero-order valence-corrected chi connectivity index (χ0v) is 17.2. The minimum atomic E-state index is -0.486. The normalized spacial score (nSPS) is 11.7. The molecule has 0 fully saturated rings. The van der Waals surface area contributed by atoms with Crippen molar-refractivity contribution in [3.63, 3.8) is 0 Å². The Bertz CT molecular complexity index is 737. The molecule has 0 aliphatic carbocycles. The second kappa shape index (κ2) is 10.0. The predicted molar refractivity (Wildman–Crippen MR) is 112 cm³/mol. The van der Waals surface area contributed by atoms with Crippen LogP contribution in [0.15, 0.2) is 42.5 Å². The number of benzene rings is 2. The van der Waals surface area contributed by atoms with Crippen LogP contribution in [0.1, 0.15) is 43.9 Å². The van der Waals surface area contributed by atoms with Crippen LogP contribution in [0.2, 0.25) is 0 Å². The van der Waals surface area contributed by atoms with Crippen molar-refractivity contribution < 1.29 is 9.53 Å². The number of nitrogens with zero attached hydrogens (tertiary/aromatic N) is 1. The van der Waals surface area contributed by atoms with Gasteiger partial charge in [0, 0.05) is 25.3 Å². The van der Waals surface area contributed by atoms with Gasteiger partial charge < -0.3 is 15.0 Å². The molecule has 1 atom stereocenters. The fourth-order valence-corrected chi connectivity index (χ4v) is 3.03. The summed E-state index contributed by atoms with van der Waals surface area (Å²) in [7, 11) is 0. The van der Waals surface area contributed by atoms with E-state index in [0.29, 0.717) is 13.0 Å². The van der Waals surface area contributed by atoms with Crippen LogP contribution in [0.3, 0.4) is 0 Å². The number of amides is 1. The summed E-state index contributed by atoms with van der Waals surface area (Å²) in [6.45, 7) is 12.8. The monoisotopic (exact) mass is 368 g/mol. The van der Waals surface area contributed by atoms with Gasteiger partial charge in [-0.1, -0.05) is 31.2 Å². The van der Waals surface area contributed by atoms with Crippen LogP contribution < -0.4 is 15.0 Å². The Labute approximate surface area is 163 Å². The van der Waals surface area contributed by atoms with E-state index >= 15 is 0 Å². The summed E-state index contributed by atoms with van der Waals surface area (Å²) in [6.07, 6.45) is 0.139. The molecule has 0 saturated carbocycles. The highest BCUT2D eigenvalue weighted by atomic mass is 16.5. The summed E-state index contributed by atoms with van der Waals surface area (Å²) in [6, 6.07) is 14.4. The second-order valence-electron chi connectivity index (χ2n) is 6.84. The van der Waals surface area contributed by atoms with Crippen LogP contribution in [0.4, 0.5) is 5.69 Å². The van der Waals surface area contributed by atoms with E-state index in [4.69, 9.17) is 4.74 Å². The first-order chi connectivity index (χ1) is 13.0. The first kappa shape index (κ1) is 20.8. The van der Waals surface area contributed by atoms with E-state index in [1.54, 1.807) is 0 Å². The van der Waals surface area contributed by atoms with Crippen molar-refractivity contribution in [2.24, 2.45) is 0 Å². The number of aryl methyl sites for hydroxylation is 2. The third-order valence-electron chi connectivity index (χ3n) is 4.81. The van der Waals surface area contributed by atoms with Crippen molar-refractivity contribution in [1.29, 1.82) is 0 Å². The SMILES string of the molecule is CCC(Oc1cc(C)ccc1C)C(=O)NCc1ccc(N(CC)CC)cc1. The number of carbonyl (C=O) groups excluding carboxylic acids is 1. The topological polar surface area (TPSA) is 41.6 Å². The van der Waals surface area contributed by atoms with Gasteiger partial charge in [-0.25, -0.2) is 0 Å². The number of carbonyl (C=O) groups is 1. The molecule has 0 aliphatic rings. The first-order valence-corrected chi connectivity index (χ1v) is 9.83. The molecule has 4 nitrogen and oxygen atoms in total. The third kappa shape index (κ3) is 5.75. The zero-order chi connectivity index (χ0) is 19.8. The maximum absolute atomic E-state index is 12.6. The molecule has 0 bridgehead atoms. The van der Waals surface area contributed by atoms with E-state index in [1.165, 1.54) is 5.69 Å². The summed E-state index contributed by atoms with van der Waals surface area (Å²) in [5.41, 5.74) is 4.46. The lowest BCUT2D eigenvalue weighted by Crippen LogP contribution is -2.37. The maximum atomic E-state index is 12.6. The third-order valence-corrected chi connectivity index (χ3v) is 4.81. The Hall–Kier alpha value is -2.49. The number of ether oxygens (including phenoxy) is 1. The molecule has 0 spiro atoms. The zero-order valence-electron chi connectivity index (χ0n) is 17.2. The number of nitrogens with one attached hydrogen (secondary N) is 1. The van der Waals surface area contributed by atoms with E-state index in [1.807, 2.05) is 39.0 Å². The number of hydrogen-bond acceptors (Lipinski definition) is 3. The van der Waals surface area contributed by atoms with Crippen LogP contribution in [0.25, 0.3) is 0 Å². The molecule has 2 rings (SSSR count). The van der Waals surface area contributed by atoms with E-state index in [-0.39, 0.29) is 5.91 Å². The number of rotatable bonds is 9. The summed E-state index contributed by atoms with van der Waals surface area (Å²) in [5, 5.41) is 3.00. The molecule has 1 unspecified atom stereocenters. The van der Waals surface area contributed by atoms with Crippen LogP contribution >= 0.6 is 0 Å². The highest BCUT2D eigenvalue weighted by Gasteiger charge is 2.19. The van der Waals surface area contributed by atoms with Gasteiger partial charge in [0.25, 0.3) is 5.91 Å². The number of anilines is 1. The summed E-state index contributed by atoms with van der Waals surface area (Å²) in [5.74, 6) is 0.701. The van der Waals surface area contributed by atoms with Gasteiger partial charge in [-0.2, -0.15) is 0 Å². The molecule has 146 valence electrons. The molecule has 1 amide bonds. The Morgan fingerprint density at radius 3 is 2.30 bits per heavy atom. The predicted octanol–water partition coefficient (Wildman–Crippen LogP) is 4.62. The number of hydrogen-bond donors (Lipinski definition) is 1. The van der Waals surface area contributed by atoms with Crippen molar-refractivity contribution in [3.8, 4) is 5.75 Å². The standard InChI is InChI=1S/C23H32N2O2/c1-6-21(27-22-15-17(4)9-10-18(22)5)23(26)24-16-19-11-13-20(14-12-19)25(7-2)8-3/h9-15,21H,6-8,16H2,1-5H3,(H,24,26). The van der Waals surface area contributed by atoms with Crippen LogP contribution in [-0.2, 0) is 11.3 Å². The summed E-state index contributed by atoms with van der Waals surface area (Å²) in [4.78, 5) is 14.9. The maximum Gasteiger partial charge on any atom is 0.261 e. The molecule has 4 heteroatoms. The summed E-state index contributed by atoms with van der Waals surface area (Å²) < 4.78 is 5.99. The molecule has 0 saturated heterocycles. The summed E-state index contributed by atoms with van der Waals surface area (Å²) >= 11 is 0. The Kier molecular flexibility index (Phi) is 7.71. The van der Waals surface area contributed by atoms with Crippen molar-refractivity contribution in [2.75, 3.05) is 18.0 Å². The van der Waals surface area contributed by atoms with Crippen LogP contribution in [0.5, 0.6) is 5.75 Å². The van der Waals surface area contributed by atoms with Crippen molar-refractivity contribution in [1.82, 2.24) is 5.32 Å². The fraction of sp³-hybridized carbons (Fsp3) is 0.435. The molecule has 2 aromatic carbocycles. The molecule has 0 heterocycles. The van der Waals surface area contributed by atoms with Crippen molar-refractivity contribution in [3.05, 3.63) is 59.2 Å². The van der Waals surface area contributed by atoms with E-state index < -0.39 is 6.10 Å². The van der Waals surface area contributed by atoms with Gasteiger partial charge in [-0.05, 0) is 69.0 Å². The van der Waals surface area contributed by atoms with Crippen LogP contribution in [0, 0.1) is 13.8 Å². The average molecular weight is 369 g/mol. The average Bonchev–Trinajstić information content (AvgIpc) is 2.68. The molecule has 0 aromatic heterocycles. The van der Waals surface area contributed by atoms with Gasteiger partial charge in [0.2, 0.25) is 0 Å². The van der Waals surface area contributed by atoms with Crippen molar-refractivity contribution in [2.45, 2.75) is 53.7 Å². The minimum Gasteiger partial charge on any atom is -0.480 e. The van der Waals surface area contributed by atoms with E-state index in [2.05, 4.69) is 48.3 Å². The lowest BCUT2D eigenvalue weighted by molar-refractivity contribution is -0.128. The molecule has 1 N–H and O–H groups in total. The van der Waals surface area contributed by atoms with Gasteiger partial charge >= 0.3 is 0 Å². The molecule has 27 heavy (non-hydrogen) atoms. The molecule has 0 aliphatic heterocycles. The molecule has 2 aromatic rings. The smallest absolute Gasteiger partial charge is 0.261 e. The molecular weight excluding hydrogens is 336 g/mol. The molecular formula is C23H32N2O2. The van der Waals surface area contributed by atoms with Gasteiger partial charge in [0.15, 0.2) is 6.10 Å². The largest absolute Gasteiger partial charge is 0.480 e. The second-order valence-corrected chi connectivity index (χ2v) is 6.84. The Morgan fingerprint density at radius 1 is 1.04 bits per heavy atom. The highest BCUT2D eigenvalue weighted by Crippen LogP contribution is 2.21. The first-order valence-electron chi connectivity index (χ1n) is 9.83. The van der Waals surface area contributed by atoms with E-state index in [0.717, 1.165) is 35.5 Å². The lowest BCUT2D eigenvalue weighted by Gasteiger charge is -2.21. The Morgan fingerprint density at radius 2 is 1.70 bits per heavy atom. The van der Waals surface area contributed by atoms with Gasteiger partial charge in [-0.3, -0.25) is 4.79 Å².